The molecule has 1 heteroatoms. The molecule has 0 amide bonds. The Bertz CT molecular complexity index is 4290. The van der Waals surface area contributed by atoms with Crippen molar-refractivity contribution < 1.29 is 0 Å². The van der Waals surface area contributed by atoms with Gasteiger partial charge in [-0.25, -0.2) is 0 Å². The van der Waals surface area contributed by atoms with Gasteiger partial charge in [0.2, 0.25) is 0 Å². The molecule has 1 nitrogen and oxygen atoms in total. The summed E-state index contributed by atoms with van der Waals surface area (Å²) in [6.07, 6.45) is 0. The summed E-state index contributed by atoms with van der Waals surface area (Å²) in [6, 6.07) is 101. The number of fused-ring (bicyclic) bond motifs is 11. The summed E-state index contributed by atoms with van der Waals surface area (Å²) in [7, 11) is 0. The van der Waals surface area contributed by atoms with Crippen molar-refractivity contribution in [2.45, 2.75) is 0 Å². The van der Waals surface area contributed by atoms with Crippen molar-refractivity contribution in [2.24, 2.45) is 0 Å². The molecular formula is C70H45N. The van der Waals surface area contributed by atoms with E-state index >= 15 is 0 Å². The van der Waals surface area contributed by atoms with E-state index in [9.17, 15) is 0 Å². The fraction of sp³-hybridized carbons (Fsp3) is 0. The van der Waals surface area contributed by atoms with E-state index in [1.165, 1.54) is 120 Å². The average Bonchev–Trinajstić information content (AvgIpc) is 3.45. The number of benzene rings is 14. The van der Waals surface area contributed by atoms with Crippen LogP contribution in [0.2, 0.25) is 0 Å². The molecule has 0 aromatic heterocycles. The highest BCUT2D eigenvalue weighted by atomic mass is 15.1. The van der Waals surface area contributed by atoms with E-state index in [0.717, 1.165) is 17.1 Å². The summed E-state index contributed by atoms with van der Waals surface area (Å²) in [4.78, 5) is 2.48. The first-order valence-electron chi connectivity index (χ1n) is 24.6. The lowest BCUT2D eigenvalue weighted by Gasteiger charge is -2.29. The third kappa shape index (κ3) is 6.70. The molecule has 0 fully saturated rings. The molecule has 0 bridgehead atoms. The Hall–Kier alpha value is -9.30. The highest BCUT2D eigenvalue weighted by Gasteiger charge is 2.24. The molecule has 0 spiro atoms. The molecule has 71 heavy (non-hydrogen) atoms. The number of hydrogen-bond donors (Lipinski definition) is 0. The fourth-order valence-electron chi connectivity index (χ4n) is 11.6. The molecule has 14 aromatic carbocycles. The van der Waals surface area contributed by atoms with Crippen LogP contribution in [0.5, 0.6) is 0 Å². The van der Waals surface area contributed by atoms with Crippen LogP contribution in [-0.2, 0) is 0 Å². The van der Waals surface area contributed by atoms with E-state index in [-0.39, 0.29) is 0 Å². The molecule has 0 N–H and O–H groups in total. The molecule has 14 rings (SSSR count). The van der Waals surface area contributed by atoms with Gasteiger partial charge < -0.3 is 4.90 Å². The van der Waals surface area contributed by atoms with Crippen LogP contribution >= 0.6 is 0 Å². The standard InChI is InChI=1S/C70H45N/c1-3-19-48(20-4-1)64-45-63(50-39-37-49(38-40-50)62-43-52-25-9-10-28-54(52)57-31-13-14-32-58(57)62)68(51-23-5-2-6-24-51)70-61-42-41-53(44-65(61)59-33-15-16-34-60(59)69(64)70)71(66-35-17-26-46-21-7-11-29-55(46)66)67-36-18-27-47-22-8-12-30-56(47)67/h1-45H. The summed E-state index contributed by atoms with van der Waals surface area (Å²) in [5, 5.41) is 17.3. The second kappa shape index (κ2) is 16.7. The highest BCUT2D eigenvalue weighted by molar-refractivity contribution is 6.33. The number of nitrogens with zero attached hydrogens (tertiary/aromatic N) is 1. The molecule has 0 saturated carbocycles. The SMILES string of the molecule is c1ccc(-c2cc(-c3ccc(-c4cc5ccccc5c5ccccc45)cc3)c(-c3ccccc3)c3c4ccc(N(c5cccc6ccccc56)c5cccc6ccccc56)cc4c4ccccc4c23)cc1. The molecule has 0 aliphatic heterocycles. The van der Waals surface area contributed by atoms with Gasteiger partial charge in [0.05, 0.1) is 11.4 Å². The molecule has 0 saturated heterocycles. The molecule has 0 aliphatic rings. The minimum atomic E-state index is 1.10. The monoisotopic (exact) mass is 899 g/mol. The van der Waals surface area contributed by atoms with Gasteiger partial charge in [0.25, 0.3) is 0 Å². The predicted octanol–water partition coefficient (Wildman–Crippen LogP) is 19.9. The van der Waals surface area contributed by atoms with E-state index in [2.05, 4.69) is 278 Å². The van der Waals surface area contributed by atoms with Gasteiger partial charge in [0.1, 0.15) is 0 Å². The van der Waals surface area contributed by atoms with E-state index in [1.54, 1.807) is 0 Å². The third-order valence-corrected chi connectivity index (χ3v) is 14.8. The van der Waals surface area contributed by atoms with E-state index in [1.807, 2.05) is 0 Å². The quantitative estimate of drug-likeness (QED) is 0.144. The lowest BCUT2D eigenvalue weighted by atomic mass is 9.81. The fourth-order valence-corrected chi connectivity index (χ4v) is 11.6. The first-order valence-corrected chi connectivity index (χ1v) is 24.6. The molecule has 0 atom stereocenters. The zero-order chi connectivity index (χ0) is 46.8. The summed E-state index contributed by atoms with van der Waals surface area (Å²) in [6.45, 7) is 0. The molecule has 0 heterocycles. The van der Waals surface area contributed by atoms with Crippen molar-refractivity contribution in [3.8, 4) is 44.5 Å². The smallest absolute Gasteiger partial charge is 0.0540 e. The van der Waals surface area contributed by atoms with Crippen LogP contribution in [0.1, 0.15) is 0 Å². The largest absolute Gasteiger partial charge is 0.309 e. The summed E-state index contributed by atoms with van der Waals surface area (Å²) >= 11 is 0. The predicted molar refractivity (Wildman–Crippen MR) is 305 cm³/mol. The van der Waals surface area contributed by atoms with Crippen LogP contribution < -0.4 is 4.90 Å². The Balaban J connectivity index is 1.07. The maximum atomic E-state index is 2.48. The molecule has 0 aliphatic carbocycles. The van der Waals surface area contributed by atoms with Gasteiger partial charge in [-0.3, -0.25) is 0 Å². The first-order chi connectivity index (χ1) is 35.2. The number of hydrogen-bond acceptors (Lipinski definition) is 1. The minimum absolute atomic E-state index is 1.10. The summed E-state index contributed by atoms with van der Waals surface area (Å²) in [5.74, 6) is 0. The van der Waals surface area contributed by atoms with Crippen LogP contribution in [0.4, 0.5) is 17.1 Å². The van der Waals surface area contributed by atoms with Crippen LogP contribution in [-0.4, -0.2) is 0 Å². The third-order valence-electron chi connectivity index (χ3n) is 14.8. The van der Waals surface area contributed by atoms with Gasteiger partial charge in [-0.1, -0.05) is 237 Å². The van der Waals surface area contributed by atoms with Crippen molar-refractivity contribution in [2.75, 3.05) is 4.90 Å². The number of rotatable bonds is 7. The Morgan fingerprint density at radius 1 is 0.211 bits per heavy atom. The second-order valence-corrected chi connectivity index (χ2v) is 18.7. The zero-order valence-corrected chi connectivity index (χ0v) is 38.9. The molecule has 0 radical (unpaired) electrons. The summed E-state index contributed by atoms with van der Waals surface area (Å²) in [5.41, 5.74) is 13.0. The Kier molecular flexibility index (Phi) is 9.60. The minimum Gasteiger partial charge on any atom is -0.309 e. The van der Waals surface area contributed by atoms with Gasteiger partial charge in [0.15, 0.2) is 0 Å². The molecule has 0 unspecified atom stereocenters. The average molecular weight is 900 g/mol. The van der Waals surface area contributed by atoms with Gasteiger partial charge >= 0.3 is 0 Å². The van der Waals surface area contributed by atoms with Gasteiger partial charge in [-0.05, 0) is 146 Å². The Morgan fingerprint density at radius 3 is 1.30 bits per heavy atom. The summed E-state index contributed by atoms with van der Waals surface area (Å²) < 4.78 is 0. The van der Waals surface area contributed by atoms with Crippen LogP contribution in [0, 0.1) is 0 Å². The van der Waals surface area contributed by atoms with Gasteiger partial charge in [-0.2, -0.15) is 0 Å². The van der Waals surface area contributed by atoms with Crippen LogP contribution in [0.15, 0.2) is 273 Å². The highest BCUT2D eigenvalue weighted by Crippen LogP contribution is 2.51. The van der Waals surface area contributed by atoms with Crippen molar-refractivity contribution in [3.63, 3.8) is 0 Å². The van der Waals surface area contributed by atoms with Crippen molar-refractivity contribution in [1.82, 2.24) is 0 Å². The van der Waals surface area contributed by atoms with Crippen LogP contribution in [0.25, 0.3) is 120 Å². The molecule has 330 valence electrons. The molecular weight excluding hydrogens is 855 g/mol. The van der Waals surface area contributed by atoms with Crippen molar-refractivity contribution in [1.29, 1.82) is 0 Å². The lowest BCUT2D eigenvalue weighted by Crippen LogP contribution is -2.11. The van der Waals surface area contributed by atoms with Gasteiger partial charge in [-0.15, -0.1) is 0 Å². The van der Waals surface area contributed by atoms with E-state index < -0.39 is 0 Å². The van der Waals surface area contributed by atoms with Crippen molar-refractivity contribution >= 4 is 92.5 Å². The van der Waals surface area contributed by atoms with Crippen molar-refractivity contribution in [3.05, 3.63) is 273 Å². The molecule has 14 aromatic rings. The first kappa shape index (κ1) is 40.7. The second-order valence-electron chi connectivity index (χ2n) is 18.7. The topological polar surface area (TPSA) is 3.24 Å². The maximum absolute atomic E-state index is 2.48. The van der Waals surface area contributed by atoms with E-state index in [4.69, 9.17) is 0 Å². The zero-order valence-electron chi connectivity index (χ0n) is 38.9. The number of anilines is 3. The normalized spacial score (nSPS) is 11.7. The maximum Gasteiger partial charge on any atom is 0.0540 e. The lowest BCUT2D eigenvalue weighted by molar-refractivity contribution is 1.32. The van der Waals surface area contributed by atoms with E-state index in [0.29, 0.717) is 0 Å². The Labute approximate surface area is 412 Å². The van der Waals surface area contributed by atoms with Crippen LogP contribution in [0.3, 0.4) is 0 Å². The van der Waals surface area contributed by atoms with Gasteiger partial charge in [0, 0.05) is 16.5 Å². The Morgan fingerprint density at radius 2 is 0.662 bits per heavy atom.